The minimum atomic E-state index is -0.596. The number of nitrogens with zero attached hydrogens (tertiary/aromatic N) is 2. The van der Waals surface area contributed by atoms with Crippen molar-refractivity contribution in [3.8, 4) is 0 Å². The summed E-state index contributed by atoms with van der Waals surface area (Å²) in [6, 6.07) is 15.6. The minimum Gasteiger partial charge on any atom is -0.465 e. The number of carbonyl (C=O) groups is 3. The Kier molecular flexibility index (Phi) is 6.30. The molecule has 0 radical (unpaired) electrons. The third-order valence-electron chi connectivity index (χ3n) is 5.25. The van der Waals surface area contributed by atoms with Crippen molar-refractivity contribution >= 4 is 40.3 Å². The van der Waals surface area contributed by atoms with Gasteiger partial charge in [-0.3, -0.25) is 4.79 Å². The van der Waals surface area contributed by atoms with E-state index in [0.29, 0.717) is 22.6 Å². The first-order valence-electron chi connectivity index (χ1n) is 10.4. The number of hydrogen-bond acceptors (Lipinski definition) is 7. The Labute approximate surface area is 185 Å². The Balaban J connectivity index is 1.44. The highest BCUT2D eigenvalue weighted by Crippen LogP contribution is 2.27. The molecule has 8 nitrogen and oxygen atoms in total. The number of hydrogen-bond donors (Lipinski definition) is 1. The summed E-state index contributed by atoms with van der Waals surface area (Å²) in [6.07, 6.45) is 2.08. The van der Waals surface area contributed by atoms with E-state index in [4.69, 9.17) is 4.74 Å². The second kappa shape index (κ2) is 9.47. The number of ether oxygens (including phenoxy) is 2. The van der Waals surface area contributed by atoms with Crippen LogP contribution >= 0.6 is 0 Å². The van der Waals surface area contributed by atoms with E-state index in [1.807, 2.05) is 24.3 Å². The van der Waals surface area contributed by atoms with Gasteiger partial charge in [-0.25, -0.2) is 14.6 Å². The molecule has 4 rings (SSSR count). The fourth-order valence-corrected chi connectivity index (χ4v) is 3.64. The fraction of sp³-hybridized carbons (Fsp3) is 0.250. The molecule has 3 aromatic rings. The maximum atomic E-state index is 12.9. The van der Waals surface area contributed by atoms with Gasteiger partial charge in [-0.05, 0) is 49.2 Å². The molecule has 32 heavy (non-hydrogen) atoms. The lowest BCUT2D eigenvalue weighted by atomic mass is 10.1. The predicted octanol–water partition coefficient (Wildman–Crippen LogP) is 3.42. The van der Waals surface area contributed by atoms with Crippen LogP contribution < -0.4 is 10.2 Å². The lowest BCUT2D eigenvalue weighted by molar-refractivity contribution is -0.119. The van der Waals surface area contributed by atoms with Crippen LogP contribution in [0.15, 0.2) is 54.6 Å². The molecule has 0 bridgehead atoms. The maximum absolute atomic E-state index is 12.9. The summed E-state index contributed by atoms with van der Waals surface area (Å²) in [5, 5.41) is 3.47. The summed E-state index contributed by atoms with van der Waals surface area (Å²) in [6.45, 7) is 1.21. The van der Waals surface area contributed by atoms with Crippen LogP contribution in [-0.4, -0.2) is 49.6 Å². The zero-order chi connectivity index (χ0) is 22.5. The summed E-state index contributed by atoms with van der Waals surface area (Å²) in [4.78, 5) is 43.4. The van der Waals surface area contributed by atoms with Crippen LogP contribution in [-0.2, 0) is 14.3 Å². The van der Waals surface area contributed by atoms with Gasteiger partial charge in [0.2, 0.25) is 0 Å². The molecule has 0 unspecified atom stereocenters. The van der Waals surface area contributed by atoms with Crippen molar-refractivity contribution in [1.82, 2.24) is 4.98 Å². The second-order valence-electron chi connectivity index (χ2n) is 7.44. The van der Waals surface area contributed by atoms with Crippen molar-refractivity contribution in [2.75, 3.05) is 37.0 Å². The number of esters is 2. The summed E-state index contributed by atoms with van der Waals surface area (Å²) >= 11 is 0. The summed E-state index contributed by atoms with van der Waals surface area (Å²) in [5.74, 6) is -0.957. The molecule has 1 fully saturated rings. The second-order valence-corrected chi connectivity index (χ2v) is 7.44. The number of anilines is 2. The van der Waals surface area contributed by atoms with Gasteiger partial charge < -0.3 is 19.7 Å². The van der Waals surface area contributed by atoms with Gasteiger partial charge in [-0.1, -0.05) is 18.2 Å². The maximum Gasteiger partial charge on any atom is 0.342 e. The zero-order valence-electron chi connectivity index (χ0n) is 17.7. The van der Waals surface area contributed by atoms with Gasteiger partial charge in [0.25, 0.3) is 5.91 Å². The molecule has 0 atom stereocenters. The largest absolute Gasteiger partial charge is 0.465 e. The number of methoxy groups -OCH3 is 1. The number of para-hydroxylation sites is 1. The van der Waals surface area contributed by atoms with Crippen molar-refractivity contribution in [3.05, 3.63) is 65.7 Å². The molecule has 1 amide bonds. The summed E-state index contributed by atoms with van der Waals surface area (Å²) in [5.41, 5.74) is 2.00. The van der Waals surface area contributed by atoms with Crippen molar-refractivity contribution in [1.29, 1.82) is 0 Å². The van der Waals surface area contributed by atoms with Crippen LogP contribution in [0.25, 0.3) is 10.9 Å². The molecule has 0 saturated carbocycles. The van der Waals surface area contributed by atoms with Gasteiger partial charge >= 0.3 is 11.9 Å². The highest BCUT2D eigenvalue weighted by atomic mass is 16.5. The van der Waals surface area contributed by atoms with E-state index in [9.17, 15) is 14.4 Å². The first-order chi connectivity index (χ1) is 15.5. The molecular formula is C24H23N3O5. The number of fused-ring (bicyclic) bond motifs is 1. The molecule has 164 valence electrons. The molecule has 1 N–H and O–H groups in total. The van der Waals surface area contributed by atoms with E-state index < -0.39 is 24.5 Å². The topological polar surface area (TPSA) is 97.8 Å². The van der Waals surface area contributed by atoms with E-state index in [2.05, 4.69) is 19.9 Å². The highest BCUT2D eigenvalue weighted by Gasteiger charge is 2.23. The standard InChI is InChI=1S/C24H23N3O5/c1-31-23(29)16-8-10-18(11-9-16)25-21(28)15-32-24(30)19-14-17-6-2-3-7-20(17)26-22(19)27-12-4-5-13-27/h2-3,6-11,14H,4-5,12-13,15H2,1H3,(H,25,28). The first-order valence-corrected chi connectivity index (χ1v) is 10.4. The third kappa shape index (κ3) is 4.69. The summed E-state index contributed by atoms with van der Waals surface area (Å²) < 4.78 is 9.94. The van der Waals surface area contributed by atoms with Crippen molar-refractivity contribution in [2.45, 2.75) is 12.8 Å². The average Bonchev–Trinajstić information content (AvgIpc) is 3.36. The Bertz CT molecular complexity index is 1150. The van der Waals surface area contributed by atoms with E-state index in [1.54, 1.807) is 18.2 Å². The Hall–Kier alpha value is -3.94. The lowest BCUT2D eigenvalue weighted by Crippen LogP contribution is -2.25. The van der Waals surface area contributed by atoms with E-state index >= 15 is 0 Å². The van der Waals surface area contributed by atoms with E-state index in [0.717, 1.165) is 36.8 Å². The SMILES string of the molecule is COC(=O)c1ccc(NC(=O)COC(=O)c2cc3ccccc3nc2N2CCCC2)cc1. The number of carbonyl (C=O) groups excluding carboxylic acids is 3. The molecule has 1 saturated heterocycles. The quantitative estimate of drug-likeness (QED) is 0.595. The number of benzene rings is 2. The van der Waals surface area contributed by atoms with Gasteiger partial charge in [0.05, 0.1) is 18.2 Å². The van der Waals surface area contributed by atoms with Gasteiger partial charge in [0, 0.05) is 24.2 Å². The highest BCUT2D eigenvalue weighted by molar-refractivity contribution is 6.01. The van der Waals surface area contributed by atoms with Gasteiger partial charge in [-0.15, -0.1) is 0 Å². The van der Waals surface area contributed by atoms with Crippen LogP contribution in [0.4, 0.5) is 11.5 Å². The van der Waals surface area contributed by atoms with Gasteiger partial charge in [0.1, 0.15) is 11.4 Å². The predicted molar refractivity (Wildman–Crippen MR) is 120 cm³/mol. The lowest BCUT2D eigenvalue weighted by Gasteiger charge is -2.20. The van der Waals surface area contributed by atoms with Gasteiger partial charge in [0.15, 0.2) is 6.61 Å². The van der Waals surface area contributed by atoms with Crippen LogP contribution in [0, 0.1) is 0 Å². The Morgan fingerprint density at radius 1 is 1.00 bits per heavy atom. The van der Waals surface area contributed by atoms with Crippen LogP contribution in [0.3, 0.4) is 0 Å². The average molecular weight is 433 g/mol. The van der Waals surface area contributed by atoms with Crippen LogP contribution in [0.2, 0.25) is 0 Å². The molecular weight excluding hydrogens is 410 g/mol. The fourth-order valence-electron chi connectivity index (χ4n) is 3.64. The monoisotopic (exact) mass is 433 g/mol. The Morgan fingerprint density at radius 2 is 1.72 bits per heavy atom. The molecule has 1 aliphatic heterocycles. The van der Waals surface area contributed by atoms with Crippen molar-refractivity contribution in [3.63, 3.8) is 0 Å². The minimum absolute atomic E-state index is 0.348. The van der Waals surface area contributed by atoms with E-state index in [-0.39, 0.29) is 0 Å². The van der Waals surface area contributed by atoms with Crippen molar-refractivity contribution < 1.29 is 23.9 Å². The molecule has 2 heterocycles. The van der Waals surface area contributed by atoms with Crippen LogP contribution in [0.5, 0.6) is 0 Å². The Morgan fingerprint density at radius 3 is 2.44 bits per heavy atom. The van der Waals surface area contributed by atoms with Crippen molar-refractivity contribution in [2.24, 2.45) is 0 Å². The third-order valence-corrected chi connectivity index (χ3v) is 5.25. The van der Waals surface area contributed by atoms with Gasteiger partial charge in [-0.2, -0.15) is 0 Å². The zero-order valence-corrected chi connectivity index (χ0v) is 17.7. The number of rotatable bonds is 6. The number of pyridine rings is 1. The number of nitrogens with one attached hydrogen (secondary N) is 1. The summed E-state index contributed by atoms with van der Waals surface area (Å²) in [7, 11) is 1.30. The normalized spacial score (nSPS) is 13.1. The molecule has 1 aromatic heterocycles. The molecule has 1 aliphatic rings. The molecule has 0 aliphatic carbocycles. The smallest absolute Gasteiger partial charge is 0.342 e. The molecule has 8 heteroatoms. The molecule has 0 spiro atoms. The number of amides is 1. The number of aromatic nitrogens is 1. The van der Waals surface area contributed by atoms with E-state index in [1.165, 1.54) is 19.2 Å². The first kappa shape index (κ1) is 21.3. The van der Waals surface area contributed by atoms with Crippen LogP contribution in [0.1, 0.15) is 33.6 Å². The molecule has 2 aromatic carbocycles.